The van der Waals surface area contributed by atoms with Crippen LogP contribution in [0.15, 0.2) is 45.6 Å². The normalized spacial score (nSPS) is 11.8. The Morgan fingerprint density at radius 2 is 1.90 bits per heavy atom. The van der Waals surface area contributed by atoms with Crippen molar-refractivity contribution in [1.82, 2.24) is 4.98 Å². The van der Waals surface area contributed by atoms with Crippen LogP contribution in [0.1, 0.15) is 25.6 Å². The van der Waals surface area contributed by atoms with Gasteiger partial charge in [0.05, 0.1) is 5.52 Å². The van der Waals surface area contributed by atoms with E-state index in [0.29, 0.717) is 10.2 Å². The van der Waals surface area contributed by atoms with Gasteiger partial charge in [-0.3, -0.25) is 0 Å². The molecule has 0 radical (unpaired) electrons. The highest BCUT2D eigenvalue weighted by Crippen LogP contribution is 2.32. The largest absolute Gasteiger partial charge is 0.388 e. The minimum atomic E-state index is -0.348. The zero-order valence-electron chi connectivity index (χ0n) is 12.1. The molecule has 3 rings (SSSR count). The van der Waals surface area contributed by atoms with Gasteiger partial charge in [0.15, 0.2) is 0 Å². The monoisotopic (exact) mass is 300 g/mol. The molecular weight excluding hydrogens is 284 g/mol. The Kier molecular flexibility index (Phi) is 3.29. The van der Waals surface area contributed by atoms with Crippen LogP contribution < -0.4 is 10.9 Å². The van der Waals surface area contributed by atoms with E-state index in [0.717, 1.165) is 10.6 Å². The maximum Gasteiger partial charge on any atom is 0.358 e. The Hall–Kier alpha value is -2.14. The summed E-state index contributed by atoms with van der Waals surface area (Å²) >= 11 is 1.45. The fraction of sp³-hybridized carbons (Fsp3) is 0.250. The van der Waals surface area contributed by atoms with E-state index in [9.17, 15) is 4.79 Å². The Balaban J connectivity index is 2.05. The van der Waals surface area contributed by atoms with Crippen molar-refractivity contribution in [3.05, 3.63) is 51.7 Å². The minimum Gasteiger partial charge on any atom is -0.388 e. The number of hydrogen-bond acceptors (Lipinski definition) is 5. The molecule has 2 aromatic heterocycles. The summed E-state index contributed by atoms with van der Waals surface area (Å²) in [4.78, 5) is 17.6. The van der Waals surface area contributed by atoms with Gasteiger partial charge in [-0.15, -0.1) is 11.3 Å². The van der Waals surface area contributed by atoms with Gasteiger partial charge in [0, 0.05) is 10.6 Å². The number of nitrogens with one attached hydrogen (secondary N) is 1. The third-order valence-corrected chi connectivity index (χ3v) is 4.60. The molecule has 1 aromatic carbocycles. The summed E-state index contributed by atoms with van der Waals surface area (Å²) in [6, 6.07) is 11.7. The molecule has 5 heteroatoms. The summed E-state index contributed by atoms with van der Waals surface area (Å²) in [5, 5.41) is 3.01. The van der Waals surface area contributed by atoms with Crippen LogP contribution in [0.5, 0.6) is 0 Å². The summed E-state index contributed by atoms with van der Waals surface area (Å²) in [5.41, 5.74) is 1.16. The summed E-state index contributed by atoms with van der Waals surface area (Å²) in [6.07, 6.45) is 0. The Labute approximate surface area is 126 Å². The van der Waals surface area contributed by atoms with Crippen LogP contribution in [-0.2, 0) is 5.41 Å². The topological polar surface area (TPSA) is 55.1 Å². The van der Waals surface area contributed by atoms with Crippen LogP contribution in [-0.4, -0.2) is 4.98 Å². The molecule has 0 saturated carbocycles. The van der Waals surface area contributed by atoms with Gasteiger partial charge in [0.2, 0.25) is 0 Å². The first-order chi connectivity index (χ1) is 9.93. The number of anilines is 2. The van der Waals surface area contributed by atoms with E-state index in [1.54, 1.807) is 0 Å². The molecule has 0 aliphatic rings. The highest BCUT2D eigenvalue weighted by Gasteiger charge is 2.19. The third-order valence-electron chi connectivity index (χ3n) is 3.07. The Morgan fingerprint density at radius 3 is 2.57 bits per heavy atom. The smallest absolute Gasteiger partial charge is 0.358 e. The molecule has 0 aliphatic carbocycles. The molecule has 0 amide bonds. The van der Waals surface area contributed by atoms with Crippen LogP contribution >= 0.6 is 11.3 Å². The molecule has 108 valence electrons. The van der Waals surface area contributed by atoms with Gasteiger partial charge in [-0.2, -0.15) is 4.98 Å². The second kappa shape index (κ2) is 5.00. The first kappa shape index (κ1) is 13.8. The molecule has 4 nitrogen and oxygen atoms in total. The molecule has 21 heavy (non-hydrogen) atoms. The summed E-state index contributed by atoms with van der Waals surface area (Å²) < 4.78 is 5.82. The number of fused-ring (bicyclic) bond motifs is 1. The standard InChI is InChI=1S/C16H16N2O2S/c1-16(2,3)12-9-11-13(21-12)14(19)20-15(18-11)17-10-7-5-4-6-8-10/h4-9H,1-3H3,(H,17,18). The van der Waals surface area contributed by atoms with Crippen LogP contribution in [0, 0.1) is 0 Å². The van der Waals surface area contributed by atoms with Crippen LogP contribution in [0.3, 0.4) is 0 Å². The van der Waals surface area contributed by atoms with Crippen molar-refractivity contribution >= 4 is 33.3 Å². The van der Waals surface area contributed by atoms with Gasteiger partial charge in [-0.1, -0.05) is 39.0 Å². The predicted octanol–water partition coefficient (Wildman–Crippen LogP) is 4.29. The second-order valence-corrected chi connectivity index (χ2v) is 6.92. The zero-order chi connectivity index (χ0) is 15.0. The van der Waals surface area contributed by atoms with Gasteiger partial charge >= 0.3 is 11.6 Å². The Bertz CT molecular complexity index is 829. The van der Waals surface area contributed by atoms with Crippen LogP contribution in [0.4, 0.5) is 11.7 Å². The lowest BCUT2D eigenvalue weighted by atomic mass is 9.95. The van der Waals surface area contributed by atoms with Gasteiger partial charge in [0.25, 0.3) is 0 Å². The highest BCUT2D eigenvalue weighted by atomic mass is 32.1. The summed E-state index contributed by atoms with van der Waals surface area (Å²) in [7, 11) is 0. The lowest BCUT2D eigenvalue weighted by Crippen LogP contribution is -2.07. The van der Waals surface area contributed by atoms with E-state index >= 15 is 0 Å². The van der Waals surface area contributed by atoms with E-state index in [1.807, 2.05) is 36.4 Å². The van der Waals surface area contributed by atoms with Crippen molar-refractivity contribution < 1.29 is 4.42 Å². The number of nitrogens with zero attached hydrogens (tertiary/aromatic N) is 1. The molecule has 0 spiro atoms. The van der Waals surface area contributed by atoms with Crippen molar-refractivity contribution in [2.24, 2.45) is 0 Å². The molecule has 0 atom stereocenters. The number of thiophene rings is 1. The van der Waals surface area contributed by atoms with Gasteiger partial charge in [-0.05, 0) is 23.6 Å². The van der Waals surface area contributed by atoms with Crippen LogP contribution in [0.2, 0.25) is 0 Å². The first-order valence-corrected chi connectivity index (χ1v) is 7.52. The predicted molar refractivity (Wildman–Crippen MR) is 86.6 cm³/mol. The highest BCUT2D eigenvalue weighted by molar-refractivity contribution is 7.19. The molecular formula is C16H16N2O2S. The van der Waals surface area contributed by atoms with Gasteiger partial charge in [-0.25, -0.2) is 4.79 Å². The number of para-hydroxylation sites is 1. The first-order valence-electron chi connectivity index (χ1n) is 6.71. The average molecular weight is 300 g/mol. The molecule has 0 saturated heterocycles. The molecule has 0 bridgehead atoms. The van der Waals surface area contributed by atoms with Crippen molar-refractivity contribution in [3.63, 3.8) is 0 Å². The molecule has 1 N–H and O–H groups in total. The maximum atomic E-state index is 12.1. The molecule has 0 aliphatic heterocycles. The lowest BCUT2D eigenvalue weighted by Gasteiger charge is -2.14. The number of aromatic nitrogens is 1. The van der Waals surface area contributed by atoms with Crippen molar-refractivity contribution in [2.75, 3.05) is 5.32 Å². The quantitative estimate of drug-likeness (QED) is 0.767. The maximum absolute atomic E-state index is 12.1. The Morgan fingerprint density at radius 1 is 1.19 bits per heavy atom. The van der Waals surface area contributed by atoms with E-state index in [2.05, 4.69) is 31.1 Å². The van der Waals surface area contributed by atoms with Crippen molar-refractivity contribution in [2.45, 2.75) is 26.2 Å². The molecule has 2 heterocycles. The van der Waals surface area contributed by atoms with E-state index < -0.39 is 0 Å². The number of benzene rings is 1. The SMILES string of the molecule is CC(C)(C)c1cc2nc(Nc3ccccc3)oc(=O)c2s1. The van der Waals surface area contributed by atoms with Crippen molar-refractivity contribution in [1.29, 1.82) is 0 Å². The summed E-state index contributed by atoms with van der Waals surface area (Å²) in [6.45, 7) is 6.34. The number of rotatable bonds is 2. The lowest BCUT2D eigenvalue weighted by molar-refractivity contribution is 0.523. The van der Waals surface area contributed by atoms with E-state index in [4.69, 9.17) is 4.42 Å². The fourth-order valence-corrected chi connectivity index (χ4v) is 2.98. The minimum absolute atomic E-state index is 0.00910. The van der Waals surface area contributed by atoms with Crippen LogP contribution in [0.25, 0.3) is 10.2 Å². The summed E-state index contributed by atoms with van der Waals surface area (Å²) in [5.74, 6) is 0. The van der Waals surface area contributed by atoms with Gasteiger partial charge < -0.3 is 9.73 Å². The molecule has 0 unspecified atom stereocenters. The second-order valence-electron chi connectivity index (χ2n) is 5.87. The molecule has 0 fully saturated rings. The van der Waals surface area contributed by atoms with Gasteiger partial charge in [0.1, 0.15) is 4.70 Å². The fourth-order valence-electron chi connectivity index (χ4n) is 1.95. The average Bonchev–Trinajstić information content (AvgIpc) is 2.84. The van der Waals surface area contributed by atoms with Crippen molar-refractivity contribution in [3.8, 4) is 0 Å². The third kappa shape index (κ3) is 2.83. The van der Waals surface area contributed by atoms with E-state index in [1.165, 1.54) is 11.3 Å². The van der Waals surface area contributed by atoms with E-state index in [-0.39, 0.29) is 17.1 Å². The number of hydrogen-bond donors (Lipinski definition) is 1. The molecule has 3 aromatic rings. The zero-order valence-corrected chi connectivity index (χ0v) is 13.0.